The Morgan fingerprint density at radius 1 is 1.38 bits per heavy atom. The number of thiophene rings is 1. The van der Waals surface area contributed by atoms with Crippen LogP contribution in [0.2, 0.25) is 0 Å². The maximum Gasteiger partial charge on any atom is 0.129 e. The van der Waals surface area contributed by atoms with E-state index in [1.165, 1.54) is 16.1 Å². The SMILES string of the molecule is CCCc1cc(CNC)cc(N(C)C(C)c2cccs2)n1. The third kappa shape index (κ3) is 4.05. The topological polar surface area (TPSA) is 28.2 Å². The Bertz CT molecular complexity index is 527. The molecular weight excluding hydrogens is 278 g/mol. The van der Waals surface area contributed by atoms with Crippen LogP contribution in [0.15, 0.2) is 29.6 Å². The molecule has 2 rings (SSSR count). The molecule has 3 nitrogen and oxygen atoms in total. The van der Waals surface area contributed by atoms with Crippen molar-refractivity contribution < 1.29 is 0 Å². The van der Waals surface area contributed by atoms with E-state index in [0.717, 1.165) is 25.2 Å². The number of rotatable bonds is 7. The van der Waals surface area contributed by atoms with E-state index >= 15 is 0 Å². The van der Waals surface area contributed by atoms with Crippen LogP contribution in [0.25, 0.3) is 0 Å². The molecule has 21 heavy (non-hydrogen) atoms. The van der Waals surface area contributed by atoms with Crippen molar-refractivity contribution in [2.45, 2.75) is 39.3 Å². The van der Waals surface area contributed by atoms with E-state index in [1.54, 1.807) is 11.3 Å². The molecule has 0 aromatic carbocycles. The molecule has 0 aliphatic carbocycles. The Morgan fingerprint density at radius 3 is 2.81 bits per heavy atom. The van der Waals surface area contributed by atoms with Gasteiger partial charge in [-0.25, -0.2) is 4.98 Å². The first-order valence-corrected chi connectivity index (χ1v) is 8.44. The molecule has 0 spiro atoms. The van der Waals surface area contributed by atoms with Crippen LogP contribution in [0.1, 0.15) is 42.4 Å². The highest BCUT2D eigenvalue weighted by Crippen LogP contribution is 2.28. The summed E-state index contributed by atoms with van der Waals surface area (Å²) in [6.45, 7) is 5.31. The van der Waals surface area contributed by atoms with Gasteiger partial charge in [-0.1, -0.05) is 19.4 Å². The second-order valence-corrected chi connectivity index (χ2v) is 6.39. The summed E-state index contributed by atoms with van der Waals surface area (Å²) < 4.78 is 0. The fourth-order valence-electron chi connectivity index (χ4n) is 2.42. The van der Waals surface area contributed by atoms with Crippen LogP contribution in [0.3, 0.4) is 0 Å². The molecule has 1 atom stereocenters. The molecule has 1 unspecified atom stereocenters. The maximum atomic E-state index is 4.84. The molecule has 2 heterocycles. The van der Waals surface area contributed by atoms with Crippen LogP contribution >= 0.6 is 11.3 Å². The molecule has 114 valence electrons. The van der Waals surface area contributed by atoms with E-state index in [0.29, 0.717) is 6.04 Å². The van der Waals surface area contributed by atoms with Crippen LogP contribution in [0.4, 0.5) is 5.82 Å². The number of hydrogen-bond donors (Lipinski definition) is 1. The molecule has 0 aliphatic rings. The molecule has 0 saturated carbocycles. The molecule has 1 N–H and O–H groups in total. The minimum absolute atomic E-state index is 0.344. The number of nitrogens with one attached hydrogen (secondary N) is 1. The van der Waals surface area contributed by atoms with E-state index in [1.807, 2.05) is 7.05 Å². The monoisotopic (exact) mass is 303 g/mol. The summed E-state index contributed by atoms with van der Waals surface area (Å²) >= 11 is 1.80. The van der Waals surface area contributed by atoms with Crippen molar-refractivity contribution in [3.8, 4) is 0 Å². The van der Waals surface area contributed by atoms with Crippen molar-refractivity contribution in [3.63, 3.8) is 0 Å². The average molecular weight is 303 g/mol. The number of aromatic nitrogens is 1. The minimum Gasteiger partial charge on any atom is -0.352 e. The second kappa shape index (κ2) is 7.57. The van der Waals surface area contributed by atoms with Gasteiger partial charge in [0.25, 0.3) is 0 Å². The van der Waals surface area contributed by atoms with Crippen molar-refractivity contribution >= 4 is 17.2 Å². The summed E-state index contributed by atoms with van der Waals surface area (Å²) in [5.41, 5.74) is 2.49. The quantitative estimate of drug-likeness (QED) is 0.837. The number of aryl methyl sites for hydroxylation is 1. The first-order valence-electron chi connectivity index (χ1n) is 7.56. The van der Waals surface area contributed by atoms with Crippen LogP contribution in [0, 0.1) is 0 Å². The summed E-state index contributed by atoms with van der Waals surface area (Å²) in [7, 11) is 4.11. The summed E-state index contributed by atoms with van der Waals surface area (Å²) in [4.78, 5) is 8.48. The maximum absolute atomic E-state index is 4.84. The average Bonchev–Trinajstić information content (AvgIpc) is 3.00. The zero-order valence-corrected chi connectivity index (χ0v) is 14.2. The Kier molecular flexibility index (Phi) is 5.76. The number of pyridine rings is 1. The molecule has 0 aliphatic heterocycles. The zero-order valence-electron chi connectivity index (χ0n) is 13.4. The van der Waals surface area contributed by atoms with Crippen molar-refractivity contribution in [1.82, 2.24) is 10.3 Å². The lowest BCUT2D eigenvalue weighted by Crippen LogP contribution is -2.22. The zero-order chi connectivity index (χ0) is 15.2. The summed E-state index contributed by atoms with van der Waals surface area (Å²) in [5.74, 6) is 1.06. The van der Waals surface area contributed by atoms with Gasteiger partial charge < -0.3 is 10.2 Å². The van der Waals surface area contributed by atoms with Gasteiger partial charge in [-0.05, 0) is 49.5 Å². The van der Waals surface area contributed by atoms with Crippen LogP contribution in [-0.2, 0) is 13.0 Å². The normalized spacial score (nSPS) is 12.4. The van der Waals surface area contributed by atoms with Crippen molar-refractivity contribution in [1.29, 1.82) is 0 Å². The molecule has 4 heteroatoms. The van der Waals surface area contributed by atoms with E-state index < -0.39 is 0 Å². The van der Waals surface area contributed by atoms with Gasteiger partial charge in [-0.3, -0.25) is 0 Å². The first kappa shape index (κ1) is 16.0. The Morgan fingerprint density at radius 2 is 2.19 bits per heavy atom. The van der Waals surface area contributed by atoms with E-state index in [2.05, 4.69) is 60.8 Å². The third-order valence-electron chi connectivity index (χ3n) is 3.71. The predicted molar refractivity (Wildman–Crippen MR) is 92.1 cm³/mol. The summed E-state index contributed by atoms with van der Waals surface area (Å²) in [6.07, 6.45) is 2.16. The fourth-order valence-corrected chi connectivity index (χ4v) is 3.25. The van der Waals surface area contributed by atoms with Gasteiger partial charge in [0, 0.05) is 24.2 Å². The molecular formula is C17H25N3S. The summed E-state index contributed by atoms with van der Waals surface area (Å²) in [6, 6.07) is 9.05. The number of hydrogen-bond acceptors (Lipinski definition) is 4. The molecule has 0 saturated heterocycles. The lowest BCUT2D eigenvalue weighted by atomic mass is 10.1. The van der Waals surface area contributed by atoms with E-state index in [4.69, 9.17) is 4.98 Å². The van der Waals surface area contributed by atoms with Gasteiger partial charge in [-0.2, -0.15) is 0 Å². The molecule has 2 aromatic rings. The van der Waals surface area contributed by atoms with Gasteiger partial charge in [0.15, 0.2) is 0 Å². The van der Waals surface area contributed by atoms with Crippen molar-refractivity contribution in [2.75, 3.05) is 19.0 Å². The Labute approximate surface area is 132 Å². The molecule has 0 amide bonds. The van der Waals surface area contributed by atoms with E-state index in [-0.39, 0.29) is 0 Å². The number of nitrogens with zero attached hydrogens (tertiary/aromatic N) is 2. The molecule has 0 fully saturated rings. The number of anilines is 1. The predicted octanol–water partition coefficient (Wildman–Crippen LogP) is 4.01. The van der Waals surface area contributed by atoms with Gasteiger partial charge >= 0.3 is 0 Å². The summed E-state index contributed by atoms with van der Waals surface area (Å²) in [5, 5.41) is 5.36. The highest BCUT2D eigenvalue weighted by atomic mass is 32.1. The van der Waals surface area contributed by atoms with Crippen LogP contribution < -0.4 is 10.2 Å². The second-order valence-electron chi connectivity index (χ2n) is 5.41. The molecule has 2 aromatic heterocycles. The van der Waals surface area contributed by atoms with Crippen molar-refractivity contribution in [3.05, 3.63) is 45.8 Å². The molecule has 0 radical (unpaired) electrons. The molecule has 0 bridgehead atoms. The van der Waals surface area contributed by atoms with Gasteiger partial charge in [-0.15, -0.1) is 11.3 Å². The highest BCUT2D eigenvalue weighted by Gasteiger charge is 2.15. The van der Waals surface area contributed by atoms with Gasteiger partial charge in [0.1, 0.15) is 5.82 Å². The minimum atomic E-state index is 0.344. The Balaban J connectivity index is 2.28. The van der Waals surface area contributed by atoms with E-state index in [9.17, 15) is 0 Å². The lowest BCUT2D eigenvalue weighted by Gasteiger charge is -2.26. The first-order chi connectivity index (χ1) is 10.2. The lowest BCUT2D eigenvalue weighted by molar-refractivity contribution is 0.731. The highest BCUT2D eigenvalue weighted by molar-refractivity contribution is 7.10. The van der Waals surface area contributed by atoms with Gasteiger partial charge in [0.05, 0.1) is 6.04 Å². The van der Waals surface area contributed by atoms with Crippen molar-refractivity contribution in [2.24, 2.45) is 0 Å². The standard InChI is InChI=1S/C17H25N3S/c1-5-7-15-10-14(12-18-3)11-17(19-15)20(4)13(2)16-8-6-9-21-16/h6,8-11,13,18H,5,7,12H2,1-4H3. The third-order valence-corrected chi connectivity index (χ3v) is 4.75. The largest absolute Gasteiger partial charge is 0.352 e. The van der Waals surface area contributed by atoms with Gasteiger partial charge in [0.2, 0.25) is 0 Å². The smallest absolute Gasteiger partial charge is 0.129 e. The fraction of sp³-hybridized carbons (Fsp3) is 0.471. The Hall–Kier alpha value is -1.39. The van der Waals surface area contributed by atoms with Crippen LogP contribution in [-0.4, -0.2) is 19.1 Å². The van der Waals surface area contributed by atoms with Crippen LogP contribution in [0.5, 0.6) is 0 Å².